The number of nitrogens with one attached hydrogen (secondary N) is 1. The number of carbonyl (C=O) groups excluding carboxylic acids is 2. The number of carbonyl (C=O) groups is 2. The van der Waals surface area contributed by atoms with Crippen LogP contribution in [0.15, 0.2) is 42.5 Å². The first kappa shape index (κ1) is 17.8. The number of nitro benzene ring substituents is 1. The predicted molar refractivity (Wildman–Crippen MR) is 98.5 cm³/mol. The number of nitro groups is 1. The van der Waals surface area contributed by atoms with Gasteiger partial charge in [-0.25, -0.2) is 0 Å². The Morgan fingerprint density at radius 3 is 2.68 bits per heavy atom. The zero-order chi connectivity index (χ0) is 19.7. The number of ether oxygens (including phenoxy) is 2. The number of amides is 2. The Morgan fingerprint density at radius 2 is 1.93 bits per heavy atom. The van der Waals surface area contributed by atoms with Crippen molar-refractivity contribution in [2.45, 2.75) is 6.42 Å². The highest BCUT2D eigenvalue weighted by Crippen LogP contribution is 2.37. The van der Waals surface area contributed by atoms with Crippen LogP contribution in [0.1, 0.15) is 16.8 Å². The lowest BCUT2D eigenvalue weighted by molar-refractivity contribution is -0.384. The number of anilines is 1. The molecule has 1 atom stereocenters. The second-order valence-corrected chi connectivity index (χ2v) is 6.63. The highest BCUT2D eigenvalue weighted by Gasteiger charge is 2.31. The molecule has 2 aliphatic heterocycles. The molecule has 2 aromatic rings. The molecule has 0 bridgehead atoms. The molecule has 0 aliphatic carbocycles. The molecular weight excluding hydrogens is 366 g/mol. The molecular formula is C19H17N3O6. The third kappa shape index (κ3) is 3.46. The Morgan fingerprint density at radius 1 is 1.18 bits per heavy atom. The monoisotopic (exact) mass is 383 g/mol. The first-order chi connectivity index (χ1) is 13.5. The highest BCUT2D eigenvalue weighted by molar-refractivity contribution is 5.97. The van der Waals surface area contributed by atoms with Crippen molar-refractivity contribution in [1.82, 2.24) is 5.32 Å². The van der Waals surface area contributed by atoms with Crippen LogP contribution < -0.4 is 19.7 Å². The van der Waals surface area contributed by atoms with Crippen molar-refractivity contribution in [3.63, 3.8) is 0 Å². The topological polar surface area (TPSA) is 111 Å². The van der Waals surface area contributed by atoms with Gasteiger partial charge in [0.1, 0.15) is 0 Å². The molecule has 0 radical (unpaired) electrons. The summed E-state index contributed by atoms with van der Waals surface area (Å²) in [6, 6.07) is 10.7. The summed E-state index contributed by atoms with van der Waals surface area (Å²) in [5.74, 6) is 0.889. The summed E-state index contributed by atoms with van der Waals surface area (Å²) in [6.45, 7) is 0.992. The first-order valence-electron chi connectivity index (χ1n) is 8.74. The molecule has 0 aromatic heterocycles. The van der Waals surface area contributed by atoms with Gasteiger partial charge in [-0.1, -0.05) is 0 Å². The van der Waals surface area contributed by atoms with Crippen molar-refractivity contribution < 1.29 is 24.0 Å². The van der Waals surface area contributed by atoms with E-state index in [4.69, 9.17) is 9.47 Å². The van der Waals surface area contributed by atoms with Crippen LogP contribution in [0.5, 0.6) is 11.5 Å². The van der Waals surface area contributed by atoms with E-state index in [0.717, 1.165) is 5.69 Å². The van der Waals surface area contributed by atoms with Gasteiger partial charge >= 0.3 is 0 Å². The zero-order valence-corrected chi connectivity index (χ0v) is 14.8. The van der Waals surface area contributed by atoms with E-state index in [-0.39, 0.29) is 30.2 Å². The normalized spacial score (nSPS) is 17.6. The summed E-state index contributed by atoms with van der Waals surface area (Å²) in [7, 11) is 0. The number of nitrogens with zero attached hydrogens (tertiary/aromatic N) is 2. The van der Waals surface area contributed by atoms with E-state index in [1.54, 1.807) is 17.0 Å². The van der Waals surface area contributed by atoms with Gasteiger partial charge in [0.05, 0.1) is 4.92 Å². The molecule has 2 aliphatic rings. The molecule has 144 valence electrons. The van der Waals surface area contributed by atoms with Gasteiger partial charge in [-0.05, 0) is 24.3 Å². The number of benzene rings is 2. The molecule has 1 saturated heterocycles. The summed E-state index contributed by atoms with van der Waals surface area (Å²) in [4.78, 5) is 36.4. The summed E-state index contributed by atoms with van der Waals surface area (Å²) >= 11 is 0. The van der Waals surface area contributed by atoms with Crippen molar-refractivity contribution in [3.05, 3.63) is 58.1 Å². The number of hydrogen-bond donors (Lipinski definition) is 1. The van der Waals surface area contributed by atoms with Crippen molar-refractivity contribution in [1.29, 1.82) is 0 Å². The molecule has 2 aromatic carbocycles. The van der Waals surface area contributed by atoms with Crippen LogP contribution in [-0.4, -0.2) is 36.6 Å². The maximum atomic E-state index is 12.4. The standard InChI is InChI=1S/C19H17N3O6/c23-18-7-12(9-20-19(24)13-1-3-14(4-2-13)22(25)26)10-21(18)15-5-6-16-17(8-15)28-11-27-16/h1-6,8,12H,7,9-11H2,(H,20,24). The van der Waals surface area contributed by atoms with E-state index in [2.05, 4.69) is 5.32 Å². The fraction of sp³-hybridized carbons (Fsp3) is 0.263. The molecule has 1 N–H and O–H groups in total. The van der Waals surface area contributed by atoms with Crippen LogP contribution in [0, 0.1) is 16.0 Å². The Balaban J connectivity index is 1.35. The van der Waals surface area contributed by atoms with Gasteiger partial charge in [0.2, 0.25) is 12.7 Å². The molecule has 2 amide bonds. The van der Waals surface area contributed by atoms with Gasteiger partial charge in [0, 0.05) is 54.9 Å². The molecule has 1 unspecified atom stereocenters. The van der Waals surface area contributed by atoms with Crippen molar-refractivity contribution in [2.75, 3.05) is 24.8 Å². The lowest BCUT2D eigenvalue weighted by Crippen LogP contribution is -2.31. The van der Waals surface area contributed by atoms with E-state index in [9.17, 15) is 19.7 Å². The summed E-state index contributed by atoms with van der Waals surface area (Å²) < 4.78 is 10.6. The molecule has 1 fully saturated rings. The van der Waals surface area contributed by atoms with Crippen molar-refractivity contribution >= 4 is 23.2 Å². The first-order valence-corrected chi connectivity index (χ1v) is 8.74. The van der Waals surface area contributed by atoms with Gasteiger partial charge in [-0.2, -0.15) is 0 Å². The van der Waals surface area contributed by atoms with E-state index in [1.807, 2.05) is 6.07 Å². The Kier molecular flexibility index (Phi) is 4.56. The van der Waals surface area contributed by atoms with E-state index < -0.39 is 4.92 Å². The van der Waals surface area contributed by atoms with Crippen molar-refractivity contribution in [2.24, 2.45) is 5.92 Å². The van der Waals surface area contributed by atoms with Crippen LogP contribution in [0.4, 0.5) is 11.4 Å². The maximum Gasteiger partial charge on any atom is 0.269 e. The minimum atomic E-state index is -0.517. The summed E-state index contributed by atoms with van der Waals surface area (Å²) in [6.07, 6.45) is 0.328. The molecule has 28 heavy (non-hydrogen) atoms. The Hall–Kier alpha value is -3.62. The maximum absolute atomic E-state index is 12.4. The zero-order valence-electron chi connectivity index (χ0n) is 14.8. The quantitative estimate of drug-likeness (QED) is 0.625. The summed E-state index contributed by atoms with van der Waals surface area (Å²) in [5.41, 5.74) is 0.998. The number of hydrogen-bond acceptors (Lipinski definition) is 6. The lowest BCUT2D eigenvalue weighted by atomic mass is 10.1. The van der Waals surface area contributed by atoms with Crippen LogP contribution in [0.25, 0.3) is 0 Å². The van der Waals surface area contributed by atoms with Gasteiger partial charge in [-0.3, -0.25) is 19.7 Å². The second kappa shape index (κ2) is 7.18. The number of rotatable bonds is 5. The van der Waals surface area contributed by atoms with Crippen LogP contribution in [0.3, 0.4) is 0 Å². The predicted octanol–water partition coefficient (Wildman–Crippen LogP) is 2.11. The van der Waals surface area contributed by atoms with Gasteiger partial charge in [-0.15, -0.1) is 0 Å². The van der Waals surface area contributed by atoms with Gasteiger partial charge in [0.15, 0.2) is 11.5 Å². The van der Waals surface area contributed by atoms with Crippen LogP contribution in [-0.2, 0) is 4.79 Å². The molecule has 0 spiro atoms. The molecule has 9 nitrogen and oxygen atoms in total. The average molecular weight is 383 g/mol. The van der Waals surface area contributed by atoms with Crippen LogP contribution in [0.2, 0.25) is 0 Å². The third-order valence-electron chi connectivity index (χ3n) is 4.76. The smallest absolute Gasteiger partial charge is 0.269 e. The Labute approximate surface area is 160 Å². The largest absolute Gasteiger partial charge is 0.454 e. The summed E-state index contributed by atoms with van der Waals surface area (Å²) in [5, 5.41) is 13.5. The Bertz CT molecular complexity index is 943. The van der Waals surface area contributed by atoms with Crippen molar-refractivity contribution in [3.8, 4) is 11.5 Å². The minimum absolute atomic E-state index is 0.0200. The van der Waals surface area contributed by atoms with E-state index >= 15 is 0 Å². The van der Waals surface area contributed by atoms with E-state index in [0.29, 0.717) is 36.6 Å². The molecule has 0 saturated carbocycles. The van der Waals surface area contributed by atoms with Crippen LogP contribution >= 0.6 is 0 Å². The minimum Gasteiger partial charge on any atom is -0.454 e. The SMILES string of the molecule is O=C(NCC1CC(=O)N(c2ccc3c(c2)OCO3)C1)c1ccc([N+](=O)[O-])cc1. The number of non-ortho nitro benzene ring substituents is 1. The molecule has 4 rings (SSSR count). The molecule has 9 heteroatoms. The lowest BCUT2D eigenvalue weighted by Gasteiger charge is -2.17. The van der Waals surface area contributed by atoms with E-state index in [1.165, 1.54) is 24.3 Å². The highest BCUT2D eigenvalue weighted by atomic mass is 16.7. The average Bonchev–Trinajstić information content (AvgIpc) is 3.31. The van der Waals surface area contributed by atoms with Gasteiger partial charge < -0.3 is 19.7 Å². The number of fused-ring (bicyclic) bond motifs is 1. The second-order valence-electron chi connectivity index (χ2n) is 6.63. The van der Waals surface area contributed by atoms with Gasteiger partial charge in [0.25, 0.3) is 11.6 Å². The molecule has 2 heterocycles. The fourth-order valence-electron chi connectivity index (χ4n) is 3.29. The third-order valence-corrected chi connectivity index (χ3v) is 4.76. The fourth-order valence-corrected chi connectivity index (χ4v) is 3.29.